The summed E-state index contributed by atoms with van der Waals surface area (Å²) >= 11 is 0. The standard InChI is InChI=1S/C19H20F4N4O4/c1-10-25-16(27-31-10)17(2,11-3-4-11)26-15(28)13-5-14(30-9-19(21,22)23)12(6-24-13)18(20)7-29-8-18/h5-6,11H,3-4,7-9H2,1-2H3,(H,26,28). The van der Waals surface area contributed by atoms with Crippen LogP contribution in [0.5, 0.6) is 5.75 Å². The van der Waals surface area contributed by atoms with E-state index in [4.69, 9.17) is 14.0 Å². The summed E-state index contributed by atoms with van der Waals surface area (Å²) in [6.07, 6.45) is -1.96. The number of carbonyl (C=O) groups is 1. The van der Waals surface area contributed by atoms with Gasteiger partial charge in [-0.05, 0) is 25.7 Å². The Morgan fingerprint density at radius 1 is 1.35 bits per heavy atom. The number of hydrogen-bond donors (Lipinski definition) is 1. The Bertz CT molecular complexity index is 988. The molecule has 12 heteroatoms. The van der Waals surface area contributed by atoms with E-state index in [9.17, 15) is 22.4 Å². The fraction of sp³-hybridized carbons (Fsp3) is 0.579. The number of pyridine rings is 1. The lowest BCUT2D eigenvalue weighted by Crippen LogP contribution is -2.46. The molecule has 31 heavy (non-hydrogen) atoms. The number of nitrogens with one attached hydrogen (secondary N) is 1. The summed E-state index contributed by atoms with van der Waals surface area (Å²) in [5, 5.41) is 6.70. The monoisotopic (exact) mass is 444 g/mol. The van der Waals surface area contributed by atoms with Crippen LogP contribution >= 0.6 is 0 Å². The molecule has 3 heterocycles. The molecule has 2 fully saturated rings. The summed E-state index contributed by atoms with van der Waals surface area (Å²) in [6, 6.07) is 1.00. The lowest BCUT2D eigenvalue weighted by atomic mass is 9.93. The van der Waals surface area contributed by atoms with Gasteiger partial charge in [-0.25, -0.2) is 4.39 Å². The first kappa shape index (κ1) is 21.5. The average molecular weight is 444 g/mol. The number of halogens is 4. The summed E-state index contributed by atoms with van der Waals surface area (Å²) < 4.78 is 67.5. The lowest BCUT2D eigenvalue weighted by molar-refractivity contribution is -0.156. The maximum atomic E-state index is 14.8. The van der Waals surface area contributed by atoms with Gasteiger partial charge >= 0.3 is 6.18 Å². The van der Waals surface area contributed by atoms with Gasteiger partial charge in [-0.15, -0.1) is 0 Å². The van der Waals surface area contributed by atoms with Crippen LogP contribution in [0.25, 0.3) is 0 Å². The Morgan fingerprint density at radius 3 is 2.58 bits per heavy atom. The van der Waals surface area contributed by atoms with Gasteiger partial charge in [0.15, 0.2) is 18.1 Å². The van der Waals surface area contributed by atoms with Crippen molar-refractivity contribution in [2.24, 2.45) is 5.92 Å². The molecule has 2 aromatic heterocycles. The quantitative estimate of drug-likeness (QED) is 0.656. The summed E-state index contributed by atoms with van der Waals surface area (Å²) in [5.74, 6) is -0.405. The first-order valence-electron chi connectivity index (χ1n) is 9.60. The van der Waals surface area contributed by atoms with E-state index in [1.165, 1.54) is 0 Å². The number of nitrogens with zero attached hydrogens (tertiary/aromatic N) is 3. The predicted octanol–water partition coefficient (Wildman–Crippen LogP) is 2.96. The van der Waals surface area contributed by atoms with E-state index in [1.807, 2.05) is 0 Å². The molecule has 2 aromatic rings. The van der Waals surface area contributed by atoms with Crippen molar-refractivity contribution in [2.45, 2.75) is 44.1 Å². The molecule has 1 saturated heterocycles. The molecule has 1 amide bonds. The van der Waals surface area contributed by atoms with Crippen molar-refractivity contribution in [1.29, 1.82) is 0 Å². The predicted molar refractivity (Wildman–Crippen MR) is 96.0 cm³/mol. The molecular weight excluding hydrogens is 424 g/mol. The minimum Gasteiger partial charge on any atom is -0.484 e. The fourth-order valence-electron chi connectivity index (χ4n) is 3.42. The van der Waals surface area contributed by atoms with Crippen molar-refractivity contribution in [3.8, 4) is 5.75 Å². The summed E-state index contributed by atoms with van der Waals surface area (Å²) in [6.45, 7) is 1.06. The third-order valence-corrected chi connectivity index (χ3v) is 5.39. The van der Waals surface area contributed by atoms with Gasteiger partial charge < -0.3 is 19.3 Å². The molecule has 0 bridgehead atoms. The number of carbonyl (C=O) groups excluding carboxylic acids is 1. The zero-order chi connectivity index (χ0) is 22.4. The molecular formula is C19H20F4N4O4. The maximum absolute atomic E-state index is 14.8. The van der Waals surface area contributed by atoms with Crippen LogP contribution in [-0.2, 0) is 15.9 Å². The van der Waals surface area contributed by atoms with Crippen molar-refractivity contribution >= 4 is 5.91 Å². The molecule has 2 aliphatic rings. The van der Waals surface area contributed by atoms with Gasteiger partial charge in [0.25, 0.3) is 5.91 Å². The van der Waals surface area contributed by atoms with E-state index in [0.29, 0.717) is 11.7 Å². The van der Waals surface area contributed by atoms with E-state index in [2.05, 4.69) is 20.4 Å². The molecule has 8 nitrogen and oxygen atoms in total. The topological polar surface area (TPSA) is 99.4 Å². The van der Waals surface area contributed by atoms with Crippen LogP contribution < -0.4 is 10.1 Å². The molecule has 4 rings (SSSR count). The van der Waals surface area contributed by atoms with Gasteiger partial charge in [-0.1, -0.05) is 5.16 Å². The van der Waals surface area contributed by atoms with E-state index >= 15 is 0 Å². The van der Waals surface area contributed by atoms with Crippen molar-refractivity contribution in [2.75, 3.05) is 19.8 Å². The molecule has 1 saturated carbocycles. The molecule has 168 valence electrons. The van der Waals surface area contributed by atoms with Crippen LogP contribution in [0.3, 0.4) is 0 Å². The Labute approximate surface area is 174 Å². The van der Waals surface area contributed by atoms with Gasteiger partial charge in [-0.2, -0.15) is 18.2 Å². The number of rotatable bonds is 7. The number of alkyl halides is 4. The second kappa shape index (κ2) is 7.43. The van der Waals surface area contributed by atoms with Crippen LogP contribution in [0, 0.1) is 12.8 Å². The molecule has 0 aromatic carbocycles. The lowest BCUT2D eigenvalue weighted by Gasteiger charge is -2.35. The van der Waals surface area contributed by atoms with Crippen LogP contribution in [0.2, 0.25) is 0 Å². The number of aromatic nitrogens is 3. The highest BCUT2D eigenvalue weighted by atomic mass is 19.4. The zero-order valence-electron chi connectivity index (χ0n) is 16.8. The van der Waals surface area contributed by atoms with Crippen molar-refractivity contribution < 1.29 is 36.4 Å². The van der Waals surface area contributed by atoms with Gasteiger partial charge in [0.2, 0.25) is 5.89 Å². The minimum absolute atomic E-state index is 0.0647. The Kier molecular flexibility index (Phi) is 5.15. The number of amides is 1. The first-order valence-corrected chi connectivity index (χ1v) is 9.60. The normalized spacial score (nSPS) is 19.9. The van der Waals surface area contributed by atoms with E-state index in [-0.39, 0.29) is 30.4 Å². The number of ether oxygens (including phenoxy) is 2. The molecule has 1 unspecified atom stereocenters. The minimum atomic E-state index is -4.64. The second-order valence-corrected chi connectivity index (χ2v) is 8.00. The number of hydrogen-bond acceptors (Lipinski definition) is 7. The SMILES string of the molecule is Cc1nc(C(C)(NC(=O)c2cc(OCC(F)(F)F)c(C3(F)COC3)cn2)C2CC2)no1. The van der Waals surface area contributed by atoms with Crippen LogP contribution in [0.15, 0.2) is 16.8 Å². The van der Waals surface area contributed by atoms with E-state index in [0.717, 1.165) is 25.1 Å². The van der Waals surface area contributed by atoms with Gasteiger partial charge in [0.05, 0.1) is 18.8 Å². The van der Waals surface area contributed by atoms with E-state index in [1.54, 1.807) is 13.8 Å². The van der Waals surface area contributed by atoms with Gasteiger partial charge in [0, 0.05) is 19.2 Å². The first-order chi connectivity index (χ1) is 14.5. The summed E-state index contributed by atoms with van der Waals surface area (Å²) in [5.41, 5.74) is -3.39. The molecule has 1 N–H and O–H groups in total. The number of aryl methyl sites for hydroxylation is 1. The Hall–Kier alpha value is -2.76. The smallest absolute Gasteiger partial charge is 0.422 e. The molecule has 0 spiro atoms. The Morgan fingerprint density at radius 2 is 2.06 bits per heavy atom. The van der Waals surface area contributed by atoms with Gasteiger partial charge in [-0.3, -0.25) is 9.78 Å². The molecule has 1 aliphatic carbocycles. The maximum Gasteiger partial charge on any atom is 0.422 e. The highest BCUT2D eigenvalue weighted by Crippen LogP contribution is 2.45. The van der Waals surface area contributed by atoms with Crippen molar-refractivity contribution in [3.05, 3.63) is 35.2 Å². The molecule has 0 radical (unpaired) electrons. The summed E-state index contributed by atoms with van der Waals surface area (Å²) in [4.78, 5) is 21.1. The average Bonchev–Trinajstić information content (AvgIpc) is 3.45. The molecule has 1 atom stereocenters. The Balaban J connectivity index is 1.61. The van der Waals surface area contributed by atoms with Gasteiger partial charge in [0.1, 0.15) is 17.0 Å². The molecule has 1 aliphatic heterocycles. The highest BCUT2D eigenvalue weighted by Gasteiger charge is 2.48. The largest absolute Gasteiger partial charge is 0.484 e. The van der Waals surface area contributed by atoms with Crippen LogP contribution in [0.1, 0.15) is 47.5 Å². The second-order valence-electron chi connectivity index (χ2n) is 8.00. The van der Waals surface area contributed by atoms with Crippen LogP contribution in [-0.4, -0.2) is 47.0 Å². The van der Waals surface area contributed by atoms with Crippen molar-refractivity contribution in [1.82, 2.24) is 20.4 Å². The van der Waals surface area contributed by atoms with Crippen molar-refractivity contribution in [3.63, 3.8) is 0 Å². The summed E-state index contributed by atoms with van der Waals surface area (Å²) in [7, 11) is 0. The highest BCUT2D eigenvalue weighted by molar-refractivity contribution is 5.93. The zero-order valence-corrected chi connectivity index (χ0v) is 16.8. The van der Waals surface area contributed by atoms with E-state index < -0.39 is 35.6 Å². The third-order valence-electron chi connectivity index (χ3n) is 5.39. The fourth-order valence-corrected chi connectivity index (χ4v) is 3.42. The van der Waals surface area contributed by atoms with Crippen LogP contribution in [0.4, 0.5) is 17.6 Å². The third kappa shape index (κ3) is 4.34.